The van der Waals surface area contributed by atoms with Gasteiger partial charge in [0.15, 0.2) is 0 Å². The lowest BCUT2D eigenvalue weighted by Gasteiger charge is -2.22. The molecule has 0 spiro atoms. The standard InChI is InChI=1S/C12H14F3NS/c1-9-5-3-4-6-11(7-9)10(2)16(17)8-12(13,14)15/h3-4,6-7,17H,2,5,8H2,1H3. The Balaban J connectivity index is 2.79. The number of hydrogen-bond acceptors (Lipinski definition) is 2. The third kappa shape index (κ3) is 4.73. The lowest BCUT2D eigenvalue weighted by molar-refractivity contribution is -0.132. The first-order valence-corrected chi connectivity index (χ1v) is 5.46. The molecular formula is C12H14F3NS. The molecule has 17 heavy (non-hydrogen) atoms. The van der Waals surface area contributed by atoms with Crippen molar-refractivity contribution in [3.05, 3.63) is 47.7 Å². The smallest absolute Gasteiger partial charge is 0.310 e. The van der Waals surface area contributed by atoms with Gasteiger partial charge in [0, 0.05) is 5.70 Å². The van der Waals surface area contributed by atoms with Crippen molar-refractivity contribution in [3.63, 3.8) is 0 Å². The maximum Gasteiger partial charge on any atom is 0.406 e. The summed E-state index contributed by atoms with van der Waals surface area (Å²) in [6.45, 7) is 4.44. The van der Waals surface area contributed by atoms with E-state index < -0.39 is 12.7 Å². The molecule has 0 atom stereocenters. The van der Waals surface area contributed by atoms with Crippen LogP contribution < -0.4 is 0 Å². The van der Waals surface area contributed by atoms with Gasteiger partial charge in [0.05, 0.1) is 0 Å². The van der Waals surface area contributed by atoms with Crippen LogP contribution in [-0.2, 0) is 0 Å². The van der Waals surface area contributed by atoms with Gasteiger partial charge in [-0.1, -0.05) is 49.3 Å². The molecule has 0 unspecified atom stereocenters. The first kappa shape index (κ1) is 14.0. The van der Waals surface area contributed by atoms with E-state index in [2.05, 4.69) is 19.4 Å². The van der Waals surface area contributed by atoms with E-state index >= 15 is 0 Å². The zero-order valence-electron chi connectivity index (χ0n) is 9.46. The lowest BCUT2D eigenvalue weighted by atomic mass is 10.1. The lowest BCUT2D eigenvalue weighted by Crippen LogP contribution is -2.27. The zero-order valence-corrected chi connectivity index (χ0v) is 10.4. The molecule has 0 amide bonds. The van der Waals surface area contributed by atoms with E-state index in [1.807, 2.05) is 25.2 Å². The highest BCUT2D eigenvalue weighted by atomic mass is 32.1. The van der Waals surface area contributed by atoms with E-state index in [-0.39, 0.29) is 5.70 Å². The van der Waals surface area contributed by atoms with E-state index in [1.54, 1.807) is 6.08 Å². The quantitative estimate of drug-likeness (QED) is 0.750. The Labute approximate surface area is 105 Å². The first-order chi connectivity index (χ1) is 7.79. The predicted octanol–water partition coefficient (Wildman–Crippen LogP) is 4.04. The van der Waals surface area contributed by atoms with Crippen molar-refractivity contribution in [3.8, 4) is 0 Å². The molecule has 0 bridgehead atoms. The molecule has 5 heteroatoms. The highest BCUT2D eigenvalue weighted by Gasteiger charge is 2.30. The number of allylic oxidation sites excluding steroid dienone is 5. The third-order valence-electron chi connectivity index (χ3n) is 2.23. The van der Waals surface area contributed by atoms with Crippen LogP contribution in [-0.4, -0.2) is 17.0 Å². The second-order valence-electron chi connectivity index (χ2n) is 3.86. The molecule has 0 aliphatic heterocycles. The number of halogens is 3. The minimum Gasteiger partial charge on any atom is -0.310 e. The van der Waals surface area contributed by atoms with Crippen molar-refractivity contribution >= 4 is 12.8 Å². The van der Waals surface area contributed by atoms with Gasteiger partial charge in [-0.15, -0.1) is 0 Å². The first-order valence-electron chi connectivity index (χ1n) is 5.06. The molecule has 1 rings (SSSR count). The average Bonchev–Trinajstić information content (AvgIpc) is 2.39. The van der Waals surface area contributed by atoms with E-state index in [9.17, 15) is 13.2 Å². The zero-order chi connectivity index (χ0) is 13.1. The molecule has 0 radical (unpaired) electrons. The molecule has 0 aromatic rings. The monoisotopic (exact) mass is 261 g/mol. The summed E-state index contributed by atoms with van der Waals surface area (Å²) >= 11 is 3.81. The maximum absolute atomic E-state index is 12.2. The molecule has 1 nitrogen and oxygen atoms in total. The topological polar surface area (TPSA) is 3.24 Å². The second-order valence-corrected chi connectivity index (χ2v) is 4.35. The van der Waals surface area contributed by atoms with E-state index in [1.165, 1.54) is 0 Å². The average molecular weight is 261 g/mol. The van der Waals surface area contributed by atoms with Gasteiger partial charge >= 0.3 is 6.18 Å². The fourth-order valence-corrected chi connectivity index (χ4v) is 1.67. The molecule has 1 aliphatic carbocycles. The Morgan fingerprint density at radius 1 is 1.53 bits per heavy atom. The van der Waals surface area contributed by atoms with Crippen LogP contribution in [0.2, 0.25) is 0 Å². The van der Waals surface area contributed by atoms with Crippen LogP contribution in [0.1, 0.15) is 13.3 Å². The minimum absolute atomic E-state index is 0.247. The summed E-state index contributed by atoms with van der Waals surface area (Å²) in [6, 6.07) is 0. The van der Waals surface area contributed by atoms with Crippen molar-refractivity contribution in [2.24, 2.45) is 0 Å². The summed E-state index contributed by atoms with van der Waals surface area (Å²) in [4.78, 5) is 0. The van der Waals surface area contributed by atoms with Crippen molar-refractivity contribution in [2.75, 3.05) is 6.54 Å². The fourth-order valence-electron chi connectivity index (χ4n) is 1.39. The van der Waals surface area contributed by atoms with Crippen LogP contribution in [0, 0.1) is 0 Å². The Kier molecular flexibility index (Phi) is 4.51. The molecule has 0 aromatic carbocycles. The van der Waals surface area contributed by atoms with Gasteiger partial charge in [0.1, 0.15) is 6.54 Å². The van der Waals surface area contributed by atoms with Crippen LogP contribution >= 0.6 is 12.8 Å². The van der Waals surface area contributed by atoms with Gasteiger partial charge < -0.3 is 4.31 Å². The third-order valence-corrected chi connectivity index (χ3v) is 2.61. The van der Waals surface area contributed by atoms with Crippen LogP contribution in [0.15, 0.2) is 47.7 Å². The van der Waals surface area contributed by atoms with Crippen molar-refractivity contribution in [2.45, 2.75) is 19.5 Å². The molecule has 0 fully saturated rings. The summed E-state index contributed by atoms with van der Waals surface area (Å²) in [5.41, 5.74) is 1.96. The Hall–Kier alpha value is -1.10. The maximum atomic E-state index is 12.2. The van der Waals surface area contributed by atoms with Crippen LogP contribution in [0.5, 0.6) is 0 Å². The highest BCUT2D eigenvalue weighted by Crippen LogP contribution is 2.25. The van der Waals surface area contributed by atoms with Gasteiger partial charge in [0.25, 0.3) is 0 Å². The van der Waals surface area contributed by atoms with Gasteiger partial charge in [-0.05, 0) is 18.9 Å². The Morgan fingerprint density at radius 3 is 2.76 bits per heavy atom. The summed E-state index contributed by atoms with van der Waals surface area (Å²) in [5.74, 6) is 0. The Bertz CT molecular complexity index is 391. The van der Waals surface area contributed by atoms with Gasteiger partial charge in [-0.25, -0.2) is 0 Å². The highest BCUT2D eigenvalue weighted by molar-refractivity contribution is 7.77. The van der Waals surface area contributed by atoms with E-state index in [4.69, 9.17) is 0 Å². The molecule has 0 saturated heterocycles. The summed E-state index contributed by atoms with van der Waals surface area (Å²) in [6.07, 6.45) is 3.81. The summed E-state index contributed by atoms with van der Waals surface area (Å²) in [7, 11) is 0. The van der Waals surface area contributed by atoms with Crippen molar-refractivity contribution < 1.29 is 13.2 Å². The molecule has 94 valence electrons. The van der Waals surface area contributed by atoms with Crippen LogP contribution in [0.4, 0.5) is 13.2 Å². The van der Waals surface area contributed by atoms with Gasteiger partial charge in [-0.2, -0.15) is 13.2 Å². The largest absolute Gasteiger partial charge is 0.406 e. The van der Waals surface area contributed by atoms with Crippen molar-refractivity contribution in [1.82, 2.24) is 4.31 Å². The number of rotatable bonds is 3. The normalized spacial score (nSPS) is 16.1. The van der Waals surface area contributed by atoms with Crippen LogP contribution in [0.3, 0.4) is 0 Å². The van der Waals surface area contributed by atoms with Gasteiger partial charge in [0.2, 0.25) is 0 Å². The Morgan fingerprint density at radius 2 is 2.18 bits per heavy atom. The van der Waals surface area contributed by atoms with E-state index in [0.29, 0.717) is 5.57 Å². The van der Waals surface area contributed by atoms with E-state index in [0.717, 1.165) is 16.3 Å². The molecule has 0 aromatic heterocycles. The molecule has 1 aliphatic rings. The predicted molar refractivity (Wildman–Crippen MR) is 66.5 cm³/mol. The minimum atomic E-state index is -4.29. The number of alkyl halides is 3. The molecular weight excluding hydrogens is 247 g/mol. The SMILES string of the molecule is C=C(C1=CC=CCC(C)=C1)N(S)CC(F)(F)F. The molecule has 0 N–H and O–H groups in total. The molecule has 0 heterocycles. The van der Waals surface area contributed by atoms with Crippen molar-refractivity contribution in [1.29, 1.82) is 0 Å². The number of hydrogen-bond donors (Lipinski definition) is 1. The summed E-state index contributed by atoms with van der Waals surface area (Å²) in [5, 5.41) is 0. The second kappa shape index (κ2) is 5.49. The van der Waals surface area contributed by atoms with Gasteiger partial charge in [-0.3, -0.25) is 0 Å². The number of thiol groups is 1. The summed E-state index contributed by atoms with van der Waals surface area (Å²) < 4.78 is 37.4. The van der Waals surface area contributed by atoms with Crippen LogP contribution in [0.25, 0.3) is 0 Å². The fraction of sp³-hybridized carbons (Fsp3) is 0.333. The number of nitrogens with zero attached hydrogens (tertiary/aromatic N) is 1. The molecule has 0 saturated carbocycles.